The molecule has 0 bridgehead atoms. The van der Waals surface area contributed by atoms with Gasteiger partial charge in [0.15, 0.2) is 0 Å². The van der Waals surface area contributed by atoms with E-state index >= 15 is 0 Å². The molecule has 5 atom stereocenters. The summed E-state index contributed by atoms with van der Waals surface area (Å²) < 4.78 is 0. The molecule has 11 nitrogen and oxygen atoms in total. The molecule has 1 aromatic heterocycles. The van der Waals surface area contributed by atoms with E-state index in [4.69, 9.17) is 5.73 Å². The topological polar surface area (TPSA) is 187 Å². The van der Waals surface area contributed by atoms with Crippen molar-refractivity contribution in [3.05, 3.63) is 65.9 Å². The van der Waals surface area contributed by atoms with Crippen molar-refractivity contribution >= 4 is 34.6 Å². The summed E-state index contributed by atoms with van der Waals surface area (Å²) in [5, 5.41) is 28.4. The normalized spacial score (nSPS) is 14.8. The fraction of sp³-hybridized carbons (Fsp3) is 0.438. The summed E-state index contributed by atoms with van der Waals surface area (Å²) in [6.45, 7) is 7.62. The molecule has 0 fully saturated rings. The van der Waals surface area contributed by atoms with Crippen molar-refractivity contribution in [3.63, 3.8) is 0 Å². The molecule has 0 radical (unpaired) electrons. The lowest BCUT2D eigenvalue weighted by atomic mass is 9.97. The van der Waals surface area contributed by atoms with E-state index < -0.39 is 47.9 Å². The second-order valence-electron chi connectivity index (χ2n) is 11.5. The summed E-state index contributed by atoms with van der Waals surface area (Å²) >= 11 is 0. The Morgan fingerprint density at radius 3 is 2.07 bits per heavy atom. The van der Waals surface area contributed by atoms with Gasteiger partial charge in [0.25, 0.3) is 0 Å². The fourth-order valence-corrected chi connectivity index (χ4v) is 4.83. The average molecular weight is 594 g/mol. The number of phenolic OH excluding ortho intramolecular Hbond substituents is 1. The Morgan fingerprint density at radius 1 is 0.837 bits per heavy atom. The average Bonchev–Trinajstić information content (AvgIpc) is 3.38. The largest absolute Gasteiger partial charge is 0.508 e. The van der Waals surface area contributed by atoms with E-state index in [2.05, 4.69) is 20.9 Å². The molecular formula is C32H43N5O6. The lowest BCUT2D eigenvalue weighted by molar-refractivity contribution is -0.142. The first-order valence-electron chi connectivity index (χ1n) is 14.6. The van der Waals surface area contributed by atoms with Crippen LogP contribution >= 0.6 is 0 Å². The van der Waals surface area contributed by atoms with Gasteiger partial charge >= 0.3 is 5.97 Å². The molecule has 3 rings (SSSR count). The van der Waals surface area contributed by atoms with Crippen LogP contribution in [0.15, 0.2) is 54.7 Å². The highest BCUT2D eigenvalue weighted by Crippen LogP contribution is 2.20. The number of phenols is 1. The third-order valence-corrected chi connectivity index (χ3v) is 7.62. The number of aromatic amines is 1. The standard InChI is InChI=1S/C32H43N5O6/c1-5-19(4)28(33)31(41)36-25(14-18(2)3)29(39)35-26(16-21-17-34-24-9-7-6-8-23(21)24)30(40)37-27(32(42)43)15-20-10-12-22(38)13-11-20/h6-13,17-19,25-28,34,38H,5,14-16,33H2,1-4H3,(H,35,39)(H,36,41)(H,37,40)(H,42,43). The SMILES string of the molecule is CCC(C)C(N)C(=O)NC(CC(C)C)C(=O)NC(Cc1c[nH]c2ccccc12)C(=O)NC(Cc1ccc(O)cc1)C(=O)O. The molecule has 0 aliphatic carbocycles. The maximum atomic E-state index is 13.7. The number of aromatic hydroxyl groups is 1. The van der Waals surface area contributed by atoms with Crippen LogP contribution < -0.4 is 21.7 Å². The molecule has 0 aliphatic heterocycles. The number of carboxylic acids is 1. The molecule has 0 saturated heterocycles. The van der Waals surface area contributed by atoms with E-state index in [1.807, 2.05) is 52.0 Å². The van der Waals surface area contributed by atoms with Crippen LogP contribution in [0.25, 0.3) is 10.9 Å². The number of amides is 3. The molecule has 0 saturated carbocycles. The van der Waals surface area contributed by atoms with Gasteiger partial charge in [-0.2, -0.15) is 0 Å². The van der Waals surface area contributed by atoms with E-state index in [1.54, 1.807) is 18.3 Å². The van der Waals surface area contributed by atoms with Crippen LogP contribution in [-0.2, 0) is 32.0 Å². The number of hydrogen-bond donors (Lipinski definition) is 7. The smallest absolute Gasteiger partial charge is 0.326 e. The number of aliphatic carboxylic acids is 1. The molecule has 1 heterocycles. The first-order chi connectivity index (χ1) is 20.4. The van der Waals surface area contributed by atoms with Gasteiger partial charge in [-0.25, -0.2) is 4.79 Å². The van der Waals surface area contributed by atoms with Gasteiger partial charge < -0.3 is 36.9 Å². The molecule has 3 aromatic rings. The zero-order valence-electron chi connectivity index (χ0n) is 25.1. The number of carbonyl (C=O) groups excluding carboxylic acids is 3. The summed E-state index contributed by atoms with van der Waals surface area (Å²) in [6.07, 6.45) is 2.79. The van der Waals surface area contributed by atoms with Gasteiger partial charge in [-0.1, -0.05) is 64.4 Å². The van der Waals surface area contributed by atoms with Gasteiger partial charge in [0.2, 0.25) is 17.7 Å². The molecule has 5 unspecified atom stereocenters. The van der Waals surface area contributed by atoms with E-state index in [1.165, 1.54) is 12.1 Å². The number of carboxylic acid groups (broad SMARTS) is 1. The maximum Gasteiger partial charge on any atom is 0.326 e. The van der Waals surface area contributed by atoms with Gasteiger partial charge in [-0.3, -0.25) is 14.4 Å². The minimum Gasteiger partial charge on any atom is -0.508 e. The number of rotatable bonds is 15. The minimum absolute atomic E-state index is 0.0331. The third-order valence-electron chi connectivity index (χ3n) is 7.62. The van der Waals surface area contributed by atoms with Crippen LogP contribution in [0.1, 0.15) is 51.7 Å². The number of carbonyl (C=O) groups is 4. The van der Waals surface area contributed by atoms with Crippen molar-refractivity contribution < 1.29 is 29.4 Å². The number of hydrogen-bond acceptors (Lipinski definition) is 6. The Bertz CT molecular complexity index is 1400. The van der Waals surface area contributed by atoms with Gasteiger partial charge in [0.05, 0.1) is 6.04 Å². The van der Waals surface area contributed by atoms with Crippen molar-refractivity contribution in [1.29, 1.82) is 0 Å². The highest BCUT2D eigenvalue weighted by atomic mass is 16.4. The number of fused-ring (bicyclic) bond motifs is 1. The van der Waals surface area contributed by atoms with E-state index in [0.717, 1.165) is 16.5 Å². The van der Waals surface area contributed by atoms with Crippen LogP contribution in [0.2, 0.25) is 0 Å². The Hall–Kier alpha value is -4.38. The molecule has 8 N–H and O–H groups in total. The summed E-state index contributed by atoms with van der Waals surface area (Å²) in [5.41, 5.74) is 8.32. The van der Waals surface area contributed by atoms with Crippen LogP contribution in [0.3, 0.4) is 0 Å². The second-order valence-corrected chi connectivity index (χ2v) is 11.5. The predicted octanol–water partition coefficient (Wildman–Crippen LogP) is 2.62. The Balaban J connectivity index is 1.87. The zero-order chi connectivity index (χ0) is 31.7. The lowest BCUT2D eigenvalue weighted by Gasteiger charge is -2.27. The van der Waals surface area contributed by atoms with Gasteiger partial charge in [-0.15, -0.1) is 0 Å². The molecule has 3 amide bonds. The van der Waals surface area contributed by atoms with Crippen molar-refractivity contribution in [3.8, 4) is 5.75 Å². The summed E-state index contributed by atoms with van der Waals surface area (Å²) in [4.78, 5) is 55.5. The maximum absolute atomic E-state index is 13.7. The third kappa shape index (κ3) is 9.31. The Kier molecular flexibility index (Phi) is 11.7. The number of H-pyrrole nitrogens is 1. The predicted molar refractivity (Wildman–Crippen MR) is 164 cm³/mol. The number of aromatic nitrogens is 1. The summed E-state index contributed by atoms with van der Waals surface area (Å²) in [6, 6.07) is 9.35. The van der Waals surface area contributed by atoms with E-state index in [-0.39, 0.29) is 30.4 Å². The quantitative estimate of drug-likeness (QED) is 0.141. The molecule has 43 heavy (non-hydrogen) atoms. The number of nitrogens with one attached hydrogen (secondary N) is 4. The van der Waals surface area contributed by atoms with Crippen LogP contribution in [0, 0.1) is 11.8 Å². The fourth-order valence-electron chi connectivity index (χ4n) is 4.83. The Labute approximate surface area is 251 Å². The highest BCUT2D eigenvalue weighted by Gasteiger charge is 2.32. The zero-order valence-corrected chi connectivity index (χ0v) is 25.1. The highest BCUT2D eigenvalue weighted by molar-refractivity contribution is 5.95. The first-order valence-corrected chi connectivity index (χ1v) is 14.6. The molecule has 0 aliphatic rings. The first kappa shape index (κ1) is 33.1. The molecule has 232 valence electrons. The molecule has 11 heteroatoms. The molecule has 2 aromatic carbocycles. The number of para-hydroxylation sites is 1. The van der Waals surface area contributed by atoms with E-state index in [9.17, 15) is 29.4 Å². The monoisotopic (exact) mass is 593 g/mol. The summed E-state index contributed by atoms with van der Waals surface area (Å²) in [7, 11) is 0. The van der Waals surface area contributed by atoms with Gasteiger partial charge in [0.1, 0.15) is 23.9 Å². The Morgan fingerprint density at radius 2 is 1.44 bits per heavy atom. The van der Waals surface area contributed by atoms with Crippen LogP contribution in [0.4, 0.5) is 0 Å². The molecular weight excluding hydrogens is 550 g/mol. The van der Waals surface area contributed by atoms with Crippen LogP contribution in [-0.4, -0.2) is 63.1 Å². The van der Waals surface area contributed by atoms with Crippen molar-refractivity contribution in [2.75, 3.05) is 0 Å². The lowest BCUT2D eigenvalue weighted by Crippen LogP contribution is -2.58. The summed E-state index contributed by atoms with van der Waals surface area (Å²) in [5.74, 6) is -2.97. The van der Waals surface area contributed by atoms with Crippen LogP contribution in [0.5, 0.6) is 5.75 Å². The number of benzene rings is 2. The van der Waals surface area contributed by atoms with Crippen molar-refractivity contribution in [2.45, 2.75) is 77.5 Å². The minimum atomic E-state index is -1.29. The van der Waals surface area contributed by atoms with Crippen molar-refractivity contribution in [1.82, 2.24) is 20.9 Å². The molecule has 0 spiro atoms. The second kappa shape index (κ2) is 15.2. The van der Waals surface area contributed by atoms with Crippen molar-refractivity contribution in [2.24, 2.45) is 17.6 Å². The number of nitrogens with two attached hydrogens (primary N) is 1. The van der Waals surface area contributed by atoms with Gasteiger partial charge in [-0.05, 0) is 47.6 Å². The van der Waals surface area contributed by atoms with Gasteiger partial charge in [0, 0.05) is 29.9 Å². The van der Waals surface area contributed by atoms with E-state index in [0.29, 0.717) is 18.4 Å².